The number of benzene rings is 2. The molecular formula is C34H42N4O4S. The van der Waals surface area contributed by atoms with Crippen LogP contribution < -0.4 is 0 Å². The van der Waals surface area contributed by atoms with Crippen LogP contribution in [-0.2, 0) is 17.5 Å². The van der Waals surface area contributed by atoms with Gasteiger partial charge in [-0.25, -0.2) is 13.5 Å². The summed E-state index contributed by atoms with van der Waals surface area (Å²) in [4.78, 5) is 34.9. The van der Waals surface area contributed by atoms with Crippen molar-refractivity contribution in [2.45, 2.75) is 63.8 Å². The van der Waals surface area contributed by atoms with E-state index in [1.54, 1.807) is 19.0 Å². The summed E-state index contributed by atoms with van der Waals surface area (Å²) >= 11 is 0. The predicted molar refractivity (Wildman–Crippen MR) is 171 cm³/mol. The minimum absolute atomic E-state index is 0.0669. The maximum absolute atomic E-state index is 13.7. The number of rotatable bonds is 7. The maximum atomic E-state index is 13.7. The molecule has 1 N–H and O–H groups in total. The third kappa shape index (κ3) is 6.44. The van der Waals surface area contributed by atoms with Crippen LogP contribution in [0.3, 0.4) is 0 Å². The highest BCUT2D eigenvalue weighted by atomic mass is 32.2. The average molecular weight is 603 g/mol. The number of likely N-dealkylation sites (tertiary alicyclic amines) is 1. The van der Waals surface area contributed by atoms with Gasteiger partial charge >= 0.3 is 0 Å². The Kier molecular flexibility index (Phi) is 9.15. The van der Waals surface area contributed by atoms with E-state index in [0.29, 0.717) is 29.9 Å². The van der Waals surface area contributed by atoms with E-state index in [1.165, 1.54) is 0 Å². The Hall–Kier alpha value is -3.40. The Balaban J connectivity index is 1.64. The monoisotopic (exact) mass is 602 g/mol. The minimum atomic E-state index is -1.34. The van der Waals surface area contributed by atoms with Gasteiger partial charge in [0.2, 0.25) is 0 Å². The highest BCUT2D eigenvalue weighted by molar-refractivity contribution is 7.84. The van der Waals surface area contributed by atoms with Gasteiger partial charge in [0.05, 0.1) is 16.5 Å². The lowest BCUT2D eigenvalue weighted by molar-refractivity contribution is 0.0718. The molecule has 1 aromatic heterocycles. The molecule has 1 fully saturated rings. The number of carbonyl (C=O) groups excluding carboxylic acids is 2. The molecule has 0 radical (unpaired) electrons. The third-order valence-corrected chi connectivity index (χ3v) is 10.00. The van der Waals surface area contributed by atoms with Crippen molar-refractivity contribution in [2.24, 2.45) is 0 Å². The summed E-state index contributed by atoms with van der Waals surface area (Å²) in [5.41, 5.74) is 6.15. The first-order chi connectivity index (χ1) is 20.5. The average Bonchev–Trinajstić information content (AvgIpc) is 3.37. The Morgan fingerprint density at radius 1 is 0.977 bits per heavy atom. The van der Waals surface area contributed by atoms with Crippen molar-refractivity contribution in [3.63, 3.8) is 0 Å². The molecule has 2 amide bonds. The zero-order chi connectivity index (χ0) is 30.9. The highest BCUT2D eigenvalue weighted by Crippen LogP contribution is 2.44. The van der Waals surface area contributed by atoms with Gasteiger partial charge in [-0.1, -0.05) is 30.3 Å². The fourth-order valence-corrected chi connectivity index (χ4v) is 7.40. The standard InChI is InChI=1S/C34H42N4O4S/c1-34(2,3)43(42)38-22-27-21-28(33(41)37-16-7-6-8-17-37)35-31(30(27)29(38)15-18-39)25-13-9-11-23(19-25)24-12-10-14-26(20-24)32(40)36(4)5/h9-14,19-21,29,39H,6-8,15-18,22H2,1-5H3/t29-,43-/m0/s1. The second-order valence-corrected chi connectivity index (χ2v) is 14.8. The number of aliphatic hydroxyl groups is 1. The topological polar surface area (TPSA) is 94.1 Å². The molecule has 0 bridgehead atoms. The predicted octanol–water partition coefficient (Wildman–Crippen LogP) is 5.44. The van der Waals surface area contributed by atoms with E-state index in [2.05, 4.69) is 0 Å². The Morgan fingerprint density at radius 2 is 1.63 bits per heavy atom. The Morgan fingerprint density at radius 3 is 2.28 bits per heavy atom. The van der Waals surface area contributed by atoms with E-state index < -0.39 is 15.7 Å². The number of piperidine rings is 1. The molecule has 9 heteroatoms. The largest absolute Gasteiger partial charge is 0.396 e. The first-order valence-electron chi connectivity index (χ1n) is 15.0. The molecule has 2 aliphatic heterocycles. The van der Waals surface area contributed by atoms with E-state index in [-0.39, 0.29) is 24.5 Å². The summed E-state index contributed by atoms with van der Waals surface area (Å²) in [5, 5.41) is 10.1. The lowest BCUT2D eigenvalue weighted by Gasteiger charge is -2.30. The molecule has 5 rings (SSSR count). The zero-order valence-corrected chi connectivity index (χ0v) is 26.6. The van der Waals surface area contributed by atoms with Gasteiger partial charge < -0.3 is 14.9 Å². The molecular weight excluding hydrogens is 560 g/mol. The molecule has 2 aliphatic rings. The molecule has 3 aromatic rings. The molecule has 8 nitrogen and oxygen atoms in total. The lowest BCUT2D eigenvalue weighted by Crippen LogP contribution is -2.36. The maximum Gasteiger partial charge on any atom is 0.272 e. The normalized spacial score (nSPS) is 17.9. The van der Waals surface area contributed by atoms with E-state index in [1.807, 2.05) is 84.6 Å². The Labute approximate surface area is 257 Å². The van der Waals surface area contributed by atoms with Crippen molar-refractivity contribution in [3.05, 3.63) is 77.0 Å². The SMILES string of the molecule is CN(C)C(=O)c1cccc(-c2cccc(-c3nc(C(=O)N4CCCCC4)cc4c3[C@H](CCO)N([S@@](=O)C(C)(C)C)C4)c2)c1. The number of nitrogens with zero attached hydrogens (tertiary/aromatic N) is 4. The molecule has 43 heavy (non-hydrogen) atoms. The summed E-state index contributed by atoms with van der Waals surface area (Å²) in [6.45, 7) is 7.63. The fraction of sp³-hybridized carbons (Fsp3) is 0.441. The summed E-state index contributed by atoms with van der Waals surface area (Å²) < 4.78 is 15.2. The van der Waals surface area contributed by atoms with E-state index >= 15 is 0 Å². The number of hydrogen-bond acceptors (Lipinski definition) is 5. The molecule has 2 atom stereocenters. The highest BCUT2D eigenvalue weighted by Gasteiger charge is 2.40. The van der Waals surface area contributed by atoms with Crippen LogP contribution >= 0.6 is 0 Å². The van der Waals surface area contributed by atoms with Crippen molar-refractivity contribution in [3.8, 4) is 22.4 Å². The van der Waals surface area contributed by atoms with Crippen LogP contribution in [0, 0.1) is 0 Å². The number of hydrogen-bond donors (Lipinski definition) is 1. The molecule has 2 aromatic carbocycles. The van der Waals surface area contributed by atoms with Crippen molar-refractivity contribution in [1.29, 1.82) is 0 Å². The van der Waals surface area contributed by atoms with Gasteiger partial charge in [-0.15, -0.1) is 0 Å². The van der Waals surface area contributed by atoms with Crippen LogP contribution in [0.15, 0.2) is 54.6 Å². The molecule has 228 valence electrons. The van der Waals surface area contributed by atoms with Crippen molar-refractivity contribution < 1.29 is 18.9 Å². The number of carbonyl (C=O) groups is 2. The summed E-state index contributed by atoms with van der Waals surface area (Å²) in [5.74, 6) is -0.149. The van der Waals surface area contributed by atoms with Gasteiger partial charge in [-0.05, 0) is 87.4 Å². The van der Waals surface area contributed by atoms with E-state index in [9.17, 15) is 18.9 Å². The van der Waals surface area contributed by atoms with Crippen molar-refractivity contribution in [2.75, 3.05) is 33.8 Å². The van der Waals surface area contributed by atoms with Gasteiger partial charge in [0.15, 0.2) is 0 Å². The van der Waals surface area contributed by atoms with Crippen molar-refractivity contribution >= 4 is 22.8 Å². The van der Waals surface area contributed by atoms with E-state index in [4.69, 9.17) is 4.98 Å². The second-order valence-electron chi connectivity index (χ2n) is 12.6. The van der Waals surface area contributed by atoms with Crippen LogP contribution in [0.1, 0.15) is 84.5 Å². The third-order valence-electron chi connectivity index (χ3n) is 8.14. The molecule has 0 saturated carbocycles. The van der Waals surface area contributed by atoms with Gasteiger partial charge in [0, 0.05) is 57.0 Å². The minimum Gasteiger partial charge on any atom is -0.396 e. The molecule has 1 saturated heterocycles. The van der Waals surface area contributed by atoms with Crippen molar-refractivity contribution in [1.82, 2.24) is 19.1 Å². The number of fused-ring (bicyclic) bond motifs is 1. The second kappa shape index (κ2) is 12.7. The number of aromatic nitrogens is 1. The number of pyridine rings is 1. The molecule has 0 aliphatic carbocycles. The fourth-order valence-electron chi connectivity index (χ4n) is 5.99. The number of aliphatic hydroxyl groups excluding tert-OH is 1. The van der Waals surface area contributed by atoms with Gasteiger partial charge in [0.1, 0.15) is 16.7 Å². The molecule has 0 unspecified atom stereocenters. The zero-order valence-electron chi connectivity index (χ0n) is 25.8. The smallest absolute Gasteiger partial charge is 0.272 e. The van der Waals surface area contributed by atoms with Gasteiger partial charge in [0.25, 0.3) is 11.8 Å². The number of amides is 2. The first kappa shape index (κ1) is 31.0. The van der Waals surface area contributed by atoms with Crippen LogP contribution in [0.5, 0.6) is 0 Å². The molecule has 3 heterocycles. The summed E-state index contributed by atoms with van der Waals surface area (Å²) in [6.07, 6.45) is 3.49. The van der Waals surface area contributed by atoms with Crippen LogP contribution in [0.4, 0.5) is 0 Å². The lowest BCUT2D eigenvalue weighted by atomic mass is 9.93. The quantitative estimate of drug-likeness (QED) is 0.389. The van der Waals surface area contributed by atoms with E-state index in [0.717, 1.165) is 60.2 Å². The molecule has 0 spiro atoms. The first-order valence-corrected chi connectivity index (χ1v) is 16.2. The van der Waals surface area contributed by atoms with Crippen LogP contribution in [0.2, 0.25) is 0 Å². The van der Waals surface area contributed by atoms with Crippen LogP contribution in [-0.4, -0.2) is 78.8 Å². The van der Waals surface area contributed by atoms with Gasteiger partial charge in [-0.3, -0.25) is 9.59 Å². The Bertz CT molecular complexity index is 1540. The summed E-state index contributed by atoms with van der Waals surface area (Å²) in [7, 11) is 2.13. The summed E-state index contributed by atoms with van der Waals surface area (Å²) in [6, 6.07) is 17.1. The van der Waals surface area contributed by atoms with Gasteiger partial charge in [-0.2, -0.15) is 0 Å². The van der Waals surface area contributed by atoms with Crippen LogP contribution in [0.25, 0.3) is 22.4 Å².